The molecule has 0 fully saturated rings. The molecule has 0 saturated carbocycles. The van der Waals surface area contributed by atoms with Crippen molar-refractivity contribution in [2.45, 2.75) is 13.8 Å². The number of rotatable bonds is 6. The van der Waals surface area contributed by atoms with Gasteiger partial charge in [0.2, 0.25) is 0 Å². The van der Waals surface area contributed by atoms with E-state index in [0.717, 1.165) is 17.2 Å². The Kier molecular flexibility index (Phi) is 5.73. The molecule has 0 aliphatic heterocycles. The number of hydrogen-bond donors (Lipinski definition) is 1. The van der Waals surface area contributed by atoms with Crippen LogP contribution in [-0.4, -0.2) is 22.4 Å². The zero-order valence-corrected chi connectivity index (χ0v) is 14.6. The highest BCUT2D eigenvalue weighted by Gasteiger charge is 2.18. The summed E-state index contributed by atoms with van der Waals surface area (Å²) in [7, 11) is 0. The number of hydrogen-bond acceptors (Lipinski definition) is 6. The van der Waals surface area contributed by atoms with Gasteiger partial charge in [-0.05, 0) is 37.1 Å². The Bertz CT molecular complexity index is 900. The number of non-ortho nitro benzene ring substituents is 1. The number of nitrogens with zero attached hydrogens (tertiary/aromatic N) is 2. The van der Waals surface area contributed by atoms with E-state index in [1.54, 1.807) is 13.8 Å². The van der Waals surface area contributed by atoms with Gasteiger partial charge in [-0.2, -0.15) is 0 Å². The first-order chi connectivity index (χ1) is 12.2. The van der Waals surface area contributed by atoms with Crippen molar-refractivity contribution >= 4 is 34.6 Å². The van der Waals surface area contributed by atoms with Crippen LogP contribution in [0.2, 0.25) is 5.02 Å². The summed E-state index contributed by atoms with van der Waals surface area (Å²) >= 11 is 5.87. The van der Waals surface area contributed by atoms with E-state index < -0.39 is 22.4 Å². The third-order valence-corrected chi connectivity index (χ3v) is 3.86. The van der Waals surface area contributed by atoms with Crippen molar-refractivity contribution in [1.82, 2.24) is 0 Å². The summed E-state index contributed by atoms with van der Waals surface area (Å²) in [5.74, 6) is -0.548. The molecule has 1 N–H and O–H groups in total. The van der Waals surface area contributed by atoms with E-state index in [9.17, 15) is 25.0 Å². The number of aryl methyl sites for hydroxylation is 2. The van der Waals surface area contributed by atoms with E-state index in [1.165, 1.54) is 24.3 Å². The van der Waals surface area contributed by atoms with Gasteiger partial charge in [0, 0.05) is 18.2 Å². The first kappa shape index (κ1) is 19.1. The molecule has 0 saturated heterocycles. The van der Waals surface area contributed by atoms with Crippen molar-refractivity contribution in [3.8, 4) is 5.75 Å². The minimum Gasteiger partial charge on any atom is -0.482 e. The predicted molar refractivity (Wildman–Crippen MR) is 94.8 cm³/mol. The number of carbonyl (C=O) groups excluding carboxylic acids is 1. The first-order valence-corrected chi connectivity index (χ1v) is 7.69. The highest BCUT2D eigenvalue weighted by molar-refractivity contribution is 6.32. The second-order valence-corrected chi connectivity index (χ2v) is 5.83. The van der Waals surface area contributed by atoms with Gasteiger partial charge in [0.25, 0.3) is 17.3 Å². The Morgan fingerprint density at radius 2 is 1.77 bits per heavy atom. The molecule has 136 valence electrons. The molecule has 9 nitrogen and oxygen atoms in total. The maximum Gasteiger partial charge on any atom is 0.293 e. The van der Waals surface area contributed by atoms with Crippen LogP contribution in [0.15, 0.2) is 30.3 Å². The van der Waals surface area contributed by atoms with Gasteiger partial charge in [-0.25, -0.2) is 0 Å². The lowest BCUT2D eigenvalue weighted by Gasteiger charge is -2.10. The summed E-state index contributed by atoms with van der Waals surface area (Å²) in [6.45, 7) is 3.02. The van der Waals surface area contributed by atoms with Crippen LogP contribution in [-0.2, 0) is 4.79 Å². The van der Waals surface area contributed by atoms with Gasteiger partial charge in [-0.3, -0.25) is 25.0 Å². The van der Waals surface area contributed by atoms with Gasteiger partial charge in [-0.1, -0.05) is 11.6 Å². The van der Waals surface area contributed by atoms with Crippen LogP contribution in [0, 0.1) is 34.1 Å². The minimum atomic E-state index is -0.634. The van der Waals surface area contributed by atoms with E-state index in [0.29, 0.717) is 0 Å². The van der Waals surface area contributed by atoms with E-state index >= 15 is 0 Å². The van der Waals surface area contributed by atoms with Gasteiger partial charge in [-0.15, -0.1) is 0 Å². The summed E-state index contributed by atoms with van der Waals surface area (Å²) in [4.78, 5) is 32.6. The number of benzene rings is 2. The lowest BCUT2D eigenvalue weighted by atomic mass is 10.1. The van der Waals surface area contributed by atoms with Crippen molar-refractivity contribution in [1.29, 1.82) is 0 Å². The standard InChI is InChI=1S/C16H14ClN3O6/c1-9-5-13(14(20(24)25)6-10(9)2)18-16(21)8-26-15-4-3-11(19(22)23)7-12(15)17/h3-7H,8H2,1-2H3,(H,18,21). The molecule has 0 unspecified atom stereocenters. The van der Waals surface area contributed by atoms with Crippen LogP contribution in [0.3, 0.4) is 0 Å². The fraction of sp³-hybridized carbons (Fsp3) is 0.188. The molecule has 1 amide bonds. The largest absolute Gasteiger partial charge is 0.482 e. The number of nitro benzene ring substituents is 2. The Labute approximate surface area is 152 Å². The highest BCUT2D eigenvalue weighted by atomic mass is 35.5. The van der Waals surface area contributed by atoms with E-state index in [-0.39, 0.29) is 27.8 Å². The smallest absolute Gasteiger partial charge is 0.293 e. The summed E-state index contributed by atoms with van der Waals surface area (Å²) < 4.78 is 5.22. The van der Waals surface area contributed by atoms with E-state index in [1.807, 2.05) is 0 Å². The molecular weight excluding hydrogens is 366 g/mol. The molecule has 26 heavy (non-hydrogen) atoms. The number of carbonyl (C=O) groups is 1. The Hall–Kier alpha value is -3.20. The molecule has 2 rings (SSSR count). The quantitative estimate of drug-likeness (QED) is 0.601. The first-order valence-electron chi connectivity index (χ1n) is 7.31. The molecule has 0 atom stereocenters. The second-order valence-electron chi connectivity index (χ2n) is 5.42. The molecule has 0 aliphatic carbocycles. The third kappa shape index (κ3) is 4.45. The van der Waals surface area contributed by atoms with E-state index in [4.69, 9.17) is 16.3 Å². The van der Waals surface area contributed by atoms with Crippen LogP contribution in [0.25, 0.3) is 0 Å². The Morgan fingerprint density at radius 3 is 2.35 bits per heavy atom. The minimum absolute atomic E-state index is 0.0239. The lowest BCUT2D eigenvalue weighted by molar-refractivity contribution is -0.384. The number of amides is 1. The SMILES string of the molecule is Cc1cc(NC(=O)COc2ccc([N+](=O)[O-])cc2Cl)c([N+](=O)[O-])cc1C. The van der Waals surface area contributed by atoms with Crippen molar-refractivity contribution in [3.05, 3.63) is 66.7 Å². The number of nitro groups is 2. The number of nitrogens with one attached hydrogen (secondary N) is 1. The monoisotopic (exact) mass is 379 g/mol. The fourth-order valence-electron chi connectivity index (χ4n) is 2.10. The van der Waals surface area contributed by atoms with Crippen LogP contribution in [0.4, 0.5) is 17.1 Å². The molecule has 0 spiro atoms. The fourth-order valence-corrected chi connectivity index (χ4v) is 2.33. The summed E-state index contributed by atoms with van der Waals surface area (Å²) in [5.41, 5.74) is 1.13. The van der Waals surface area contributed by atoms with Gasteiger partial charge < -0.3 is 10.1 Å². The molecule has 0 bridgehead atoms. The Balaban J connectivity index is 2.09. The summed E-state index contributed by atoms with van der Waals surface area (Å²) in [5, 5.41) is 24.2. The van der Waals surface area contributed by atoms with Crippen LogP contribution >= 0.6 is 11.6 Å². The zero-order chi connectivity index (χ0) is 19.4. The molecule has 0 heterocycles. The summed E-state index contributed by atoms with van der Waals surface area (Å²) in [6.07, 6.45) is 0. The molecule has 0 aliphatic rings. The average Bonchev–Trinajstić information content (AvgIpc) is 2.56. The number of ether oxygens (including phenoxy) is 1. The molecule has 10 heteroatoms. The lowest BCUT2D eigenvalue weighted by Crippen LogP contribution is -2.21. The van der Waals surface area contributed by atoms with Crippen LogP contribution in [0.1, 0.15) is 11.1 Å². The average molecular weight is 380 g/mol. The molecule has 0 radical (unpaired) electrons. The van der Waals surface area contributed by atoms with Crippen LogP contribution in [0.5, 0.6) is 5.75 Å². The zero-order valence-electron chi connectivity index (χ0n) is 13.8. The second kappa shape index (κ2) is 7.79. The Morgan fingerprint density at radius 1 is 1.12 bits per heavy atom. The van der Waals surface area contributed by atoms with Gasteiger partial charge in [0.15, 0.2) is 6.61 Å². The van der Waals surface area contributed by atoms with Crippen molar-refractivity contribution in [2.24, 2.45) is 0 Å². The van der Waals surface area contributed by atoms with Crippen molar-refractivity contribution in [2.75, 3.05) is 11.9 Å². The van der Waals surface area contributed by atoms with Crippen molar-refractivity contribution in [3.63, 3.8) is 0 Å². The summed E-state index contributed by atoms with van der Waals surface area (Å²) in [6, 6.07) is 6.44. The van der Waals surface area contributed by atoms with Crippen LogP contribution < -0.4 is 10.1 Å². The normalized spacial score (nSPS) is 10.3. The molecule has 2 aromatic rings. The highest BCUT2D eigenvalue weighted by Crippen LogP contribution is 2.30. The van der Waals surface area contributed by atoms with Gasteiger partial charge >= 0.3 is 0 Å². The maximum atomic E-state index is 12.0. The molecular formula is C16H14ClN3O6. The van der Waals surface area contributed by atoms with E-state index in [2.05, 4.69) is 5.32 Å². The number of halogens is 1. The van der Waals surface area contributed by atoms with Gasteiger partial charge in [0.1, 0.15) is 11.4 Å². The molecule has 0 aromatic heterocycles. The maximum absolute atomic E-state index is 12.0. The van der Waals surface area contributed by atoms with Gasteiger partial charge in [0.05, 0.1) is 14.9 Å². The molecule has 2 aromatic carbocycles. The topological polar surface area (TPSA) is 125 Å². The van der Waals surface area contributed by atoms with Crippen molar-refractivity contribution < 1.29 is 19.4 Å². The third-order valence-electron chi connectivity index (χ3n) is 3.57. The number of anilines is 1. The predicted octanol–water partition coefficient (Wildman–Crippen LogP) is 3.79.